The van der Waals surface area contributed by atoms with Gasteiger partial charge in [0, 0.05) is 27.4 Å². The molecule has 144 valence electrons. The molecule has 0 atom stereocenters. The van der Waals surface area contributed by atoms with Crippen molar-refractivity contribution in [2.45, 2.75) is 0 Å². The molecule has 4 aromatic rings. The average molecular weight is 423 g/mol. The average Bonchev–Trinajstić information content (AvgIpc) is 3.18. The van der Waals surface area contributed by atoms with Crippen molar-refractivity contribution in [3.63, 3.8) is 0 Å². The minimum Gasteiger partial charge on any atom is -0.497 e. The van der Waals surface area contributed by atoms with E-state index < -0.39 is 0 Å². The minimum atomic E-state index is 0.412. The summed E-state index contributed by atoms with van der Waals surface area (Å²) in [5.74, 6) is 1.65. The molecule has 0 amide bonds. The molecule has 1 heterocycles. The van der Waals surface area contributed by atoms with Crippen LogP contribution in [0.4, 0.5) is 5.88 Å². The van der Waals surface area contributed by atoms with Gasteiger partial charge in [0.2, 0.25) is 11.8 Å². The maximum absolute atomic E-state index is 5.99. The number of halogens is 2. The first-order chi connectivity index (χ1) is 14.1. The van der Waals surface area contributed by atoms with Crippen LogP contribution in [-0.4, -0.2) is 18.3 Å². The van der Waals surface area contributed by atoms with Gasteiger partial charge in [0.05, 0.1) is 7.11 Å². The number of aliphatic imine (C=N–C) groups is 1. The smallest absolute Gasteiger partial charge is 0.248 e. The molecular formula is C23H16Cl2N2O2. The van der Waals surface area contributed by atoms with Gasteiger partial charge in [0.25, 0.3) is 0 Å². The van der Waals surface area contributed by atoms with Crippen molar-refractivity contribution in [1.82, 2.24) is 4.98 Å². The molecule has 0 spiro atoms. The number of hydrogen-bond acceptors (Lipinski definition) is 4. The van der Waals surface area contributed by atoms with Crippen molar-refractivity contribution in [3.8, 4) is 28.5 Å². The van der Waals surface area contributed by atoms with Crippen LogP contribution in [-0.2, 0) is 0 Å². The summed E-state index contributed by atoms with van der Waals surface area (Å²) in [5, 5.41) is 1.32. The van der Waals surface area contributed by atoms with Crippen molar-refractivity contribution in [1.29, 1.82) is 0 Å². The zero-order chi connectivity index (χ0) is 20.2. The summed E-state index contributed by atoms with van der Waals surface area (Å²) in [5.41, 5.74) is 3.23. The number of oxazole rings is 1. The molecule has 4 nitrogen and oxygen atoms in total. The van der Waals surface area contributed by atoms with Gasteiger partial charge < -0.3 is 9.15 Å². The molecule has 0 bridgehead atoms. The second-order valence-corrected chi connectivity index (χ2v) is 7.09. The van der Waals surface area contributed by atoms with Gasteiger partial charge in [-0.2, -0.15) is 0 Å². The topological polar surface area (TPSA) is 47.6 Å². The van der Waals surface area contributed by atoms with E-state index in [1.807, 2.05) is 60.7 Å². The van der Waals surface area contributed by atoms with Crippen LogP contribution in [0.15, 0.2) is 82.2 Å². The maximum atomic E-state index is 5.99. The third kappa shape index (κ3) is 4.50. The largest absolute Gasteiger partial charge is 0.497 e. The molecule has 1 aromatic heterocycles. The first-order valence-electron chi connectivity index (χ1n) is 8.83. The molecule has 29 heavy (non-hydrogen) atoms. The highest BCUT2D eigenvalue weighted by atomic mass is 35.5. The minimum absolute atomic E-state index is 0.412. The standard InChI is InChI=1S/C23H16Cl2N2O2/c1-28-20-12-6-16(7-13-20)21-23(26-14-15-2-8-18(24)9-3-15)29-22(27-21)17-4-10-19(25)11-5-17/h2-14H,1H3/b26-14+. The van der Waals surface area contributed by atoms with Gasteiger partial charge in [-0.05, 0) is 66.2 Å². The SMILES string of the molecule is COc1ccc(-c2nc(-c3ccc(Cl)cc3)oc2/N=C/c2ccc(Cl)cc2)cc1. The second kappa shape index (κ2) is 8.52. The van der Waals surface area contributed by atoms with Crippen LogP contribution in [0.5, 0.6) is 5.75 Å². The Morgan fingerprint density at radius 1 is 0.828 bits per heavy atom. The van der Waals surface area contributed by atoms with Crippen LogP contribution in [0, 0.1) is 0 Å². The molecule has 0 saturated heterocycles. The fraction of sp³-hybridized carbons (Fsp3) is 0.0435. The van der Waals surface area contributed by atoms with Gasteiger partial charge >= 0.3 is 0 Å². The number of hydrogen-bond donors (Lipinski definition) is 0. The van der Waals surface area contributed by atoms with E-state index in [0.29, 0.717) is 27.5 Å². The summed E-state index contributed by atoms with van der Waals surface area (Å²) >= 11 is 11.9. The number of ether oxygens (including phenoxy) is 1. The zero-order valence-electron chi connectivity index (χ0n) is 15.5. The Hall–Kier alpha value is -3.08. The molecule has 4 rings (SSSR count). The third-order valence-corrected chi connectivity index (χ3v) is 4.77. The zero-order valence-corrected chi connectivity index (χ0v) is 17.0. The van der Waals surface area contributed by atoms with Crippen LogP contribution in [0.3, 0.4) is 0 Å². The summed E-state index contributed by atoms with van der Waals surface area (Å²) in [6, 6.07) is 22.3. The highest BCUT2D eigenvalue weighted by Crippen LogP contribution is 2.35. The summed E-state index contributed by atoms with van der Waals surface area (Å²) in [6.45, 7) is 0. The lowest BCUT2D eigenvalue weighted by Gasteiger charge is -2.01. The monoisotopic (exact) mass is 422 g/mol. The van der Waals surface area contributed by atoms with Crippen molar-refractivity contribution in [3.05, 3.63) is 88.4 Å². The van der Waals surface area contributed by atoms with Crippen molar-refractivity contribution in [2.24, 2.45) is 4.99 Å². The summed E-state index contributed by atoms with van der Waals surface area (Å²) in [6.07, 6.45) is 1.72. The highest BCUT2D eigenvalue weighted by Gasteiger charge is 2.16. The Kier molecular flexibility index (Phi) is 5.65. The summed E-state index contributed by atoms with van der Waals surface area (Å²) < 4.78 is 11.2. The molecule has 0 aliphatic carbocycles. The van der Waals surface area contributed by atoms with Gasteiger partial charge in [-0.25, -0.2) is 9.98 Å². The Bertz CT molecular complexity index is 1130. The van der Waals surface area contributed by atoms with E-state index >= 15 is 0 Å². The normalized spacial score (nSPS) is 11.1. The summed E-state index contributed by atoms with van der Waals surface area (Å²) in [7, 11) is 1.63. The van der Waals surface area contributed by atoms with Gasteiger partial charge in [-0.15, -0.1) is 0 Å². The molecule has 0 N–H and O–H groups in total. The molecule has 0 aliphatic heterocycles. The Balaban J connectivity index is 1.76. The van der Waals surface area contributed by atoms with E-state index in [1.54, 1.807) is 25.5 Å². The summed E-state index contributed by atoms with van der Waals surface area (Å²) in [4.78, 5) is 9.21. The van der Waals surface area contributed by atoms with E-state index in [-0.39, 0.29) is 0 Å². The van der Waals surface area contributed by atoms with Crippen molar-refractivity contribution >= 4 is 35.3 Å². The second-order valence-electron chi connectivity index (χ2n) is 6.22. The maximum Gasteiger partial charge on any atom is 0.248 e. The third-order valence-electron chi connectivity index (χ3n) is 4.26. The van der Waals surface area contributed by atoms with Gasteiger partial charge in [0.1, 0.15) is 11.4 Å². The fourth-order valence-electron chi connectivity index (χ4n) is 2.73. The van der Waals surface area contributed by atoms with Crippen LogP contribution in [0.25, 0.3) is 22.7 Å². The molecule has 0 fully saturated rings. The Labute approximate surface area is 178 Å². The number of aromatic nitrogens is 1. The van der Waals surface area contributed by atoms with E-state index in [2.05, 4.69) is 9.98 Å². The van der Waals surface area contributed by atoms with Crippen LogP contribution in [0.1, 0.15) is 5.56 Å². The molecule has 0 unspecified atom stereocenters. The molecule has 0 saturated carbocycles. The van der Waals surface area contributed by atoms with Crippen LogP contribution < -0.4 is 4.74 Å². The molecule has 6 heteroatoms. The van der Waals surface area contributed by atoms with E-state index in [9.17, 15) is 0 Å². The van der Waals surface area contributed by atoms with Crippen molar-refractivity contribution in [2.75, 3.05) is 7.11 Å². The molecular weight excluding hydrogens is 407 g/mol. The molecule has 3 aromatic carbocycles. The lowest BCUT2D eigenvalue weighted by molar-refractivity contribution is 0.415. The molecule has 0 aliphatic rings. The Morgan fingerprint density at radius 3 is 2.03 bits per heavy atom. The van der Waals surface area contributed by atoms with E-state index in [0.717, 1.165) is 22.4 Å². The fourth-order valence-corrected chi connectivity index (χ4v) is 2.99. The quantitative estimate of drug-likeness (QED) is 0.323. The van der Waals surface area contributed by atoms with E-state index in [4.69, 9.17) is 32.4 Å². The van der Waals surface area contributed by atoms with E-state index in [1.165, 1.54) is 0 Å². The number of methoxy groups -OCH3 is 1. The predicted molar refractivity (Wildman–Crippen MR) is 118 cm³/mol. The number of benzene rings is 3. The number of rotatable bonds is 5. The lowest BCUT2D eigenvalue weighted by Crippen LogP contribution is -1.84. The van der Waals surface area contributed by atoms with Gasteiger partial charge in [-0.1, -0.05) is 35.3 Å². The van der Waals surface area contributed by atoms with Gasteiger partial charge in [0.15, 0.2) is 0 Å². The predicted octanol–water partition coefficient (Wildman–Crippen LogP) is 7.07. The highest BCUT2D eigenvalue weighted by molar-refractivity contribution is 6.30. The van der Waals surface area contributed by atoms with Crippen LogP contribution in [0.2, 0.25) is 10.0 Å². The van der Waals surface area contributed by atoms with Gasteiger partial charge in [-0.3, -0.25) is 0 Å². The van der Waals surface area contributed by atoms with Crippen LogP contribution >= 0.6 is 23.2 Å². The lowest BCUT2D eigenvalue weighted by atomic mass is 10.1. The first kappa shape index (κ1) is 19.2. The first-order valence-corrected chi connectivity index (χ1v) is 9.59. The van der Waals surface area contributed by atoms with Crippen molar-refractivity contribution < 1.29 is 9.15 Å². The molecule has 0 radical (unpaired) electrons. The Morgan fingerprint density at radius 2 is 1.41 bits per heavy atom. The number of nitrogens with zero attached hydrogens (tertiary/aromatic N) is 2.